The number of aliphatic imine (C=N–C) groups is 1. The SMILES string of the molecule is CCCOc1ncccc1CNC(=NC)Nc1ccc2c(c1)OCCCO2.I. The summed E-state index contributed by atoms with van der Waals surface area (Å²) in [6.45, 7) is 4.61. The Morgan fingerprint density at radius 1 is 1.21 bits per heavy atom. The average molecular weight is 498 g/mol. The van der Waals surface area contributed by atoms with Crippen molar-refractivity contribution in [2.75, 3.05) is 32.2 Å². The summed E-state index contributed by atoms with van der Waals surface area (Å²) < 4.78 is 17.1. The summed E-state index contributed by atoms with van der Waals surface area (Å²) in [7, 11) is 1.73. The summed E-state index contributed by atoms with van der Waals surface area (Å²) in [4.78, 5) is 8.59. The smallest absolute Gasteiger partial charge is 0.218 e. The first kappa shape index (κ1) is 22.1. The predicted octanol–water partition coefficient (Wildman–Crippen LogP) is 3.84. The number of hydrogen-bond acceptors (Lipinski definition) is 5. The molecule has 0 unspecified atom stereocenters. The molecule has 2 N–H and O–H groups in total. The van der Waals surface area contributed by atoms with E-state index in [2.05, 4.69) is 27.5 Å². The molecule has 1 aliphatic rings. The molecular weight excluding hydrogens is 471 g/mol. The normalized spacial score (nSPS) is 13.1. The van der Waals surface area contributed by atoms with Gasteiger partial charge >= 0.3 is 0 Å². The standard InChI is InChI=1S/C20H26N4O3.HI/c1-3-10-27-19-15(6-4-9-22-19)14-23-20(21-2)24-16-7-8-17-18(13-16)26-12-5-11-25-17;/h4,6-9,13H,3,5,10-12,14H2,1-2H3,(H2,21,23,24);1H. The molecule has 2 heterocycles. The van der Waals surface area contributed by atoms with Gasteiger partial charge in [0.05, 0.1) is 19.8 Å². The topological polar surface area (TPSA) is 77.0 Å². The van der Waals surface area contributed by atoms with Gasteiger partial charge in [-0.05, 0) is 24.6 Å². The number of fused-ring (bicyclic) bond motifs is 1. The Balaban J connectivity index is 0.00000280. The second-order valence-electron chi connectivity index (χ2n) is 6.08. The molecule has 0 fully saturated rings. The minimum atomic E-state index is 0. The maximum Gasteiger partial charge on any atom is 0.218 e. The Labute approximate surface area is 182 Å². The van der Waals surface area contributed by atoms with E-state index in [1.165, 1.54) is 0 Å². The molecule has 28 heavy (non-hydrogen) atoms. The molecule has 2 aromatic rings. The van der Waals surface area contributed by atoms with E-state index in [4.69, 9.17) is 14.2 Å². The van der Waals surface area contributed by atoms with Crippen LogP contribution in [0.1, 0.15) is 25.3 Å². The largest absolute Gasteiger partial charge is 0.490 e. The van der Waals surface area contributed by atoms with Crippen LogP contribution in [-0.2, 0) is 6.54 Å². The van der Waals surface area contributed by atoms with Crippen LogP contribution < -0.4 is 24.8 Å². The van der Waals surface area contributed by atoms with Crippen LogP contribution in [0.2, 0.25) is 0 Å². The van der Waals surface area contributed by atoms with E-state index in [1.807, 2.05) is 30.3 Å². The molecule has 0 aliphatic carbocycles. The van der Waals surface area contributed by atoms with Gasteiger partial charge in [-0.2, -0.15) is 0 Å². The van der Waals surface area contributed by atoms with Gasteiger partial charge in [0.25, 0.3) is 0 Å². The highest BCUT2D eigenvalue weighted by Gasteiger charge is 2.12. The van der Waals surface area contributed by atoms with Crippen LogP contribution in [0.4, 0.5) is 5.69 Å². The highest BCUT2D eigenvalue weighted by molar-refractivity contribution is 14.0. The quantitative estimate of drug-likeness (QED) is 0.358. The van der Waals surface area contributed by atoms with Crippen LogP contribution >= 0.6 is 24.0 Å². The molecule has 8 heteroatoms. The zero-order valence-electron chi connectivity index (χ0n) is 16.2. The highest BCUT2D eigenvalue weighted by Crippen LogP contribution is 2.32. The Hall–Kier alpha value is -2.23. The molecule has 7 nitrogen and oxygen atoms in total. The minimum absolute atomic E-state index is 0. The fourth-order valence-corrected chi connectivity index (χ4v) is 2.62. The fourth-order valence-electron chi connectivity index (χ4n) is 2.62. The number of ether oxygens (including phenoxy) is 3. The lowest BCUT2D eigenvalue weighted by atomic mass is 10.2. The Morgan fingerprint density at radius 3 is 2.82 bits per heavy atom. The van der Waals surface area contributed by atoms with Crippen molar-refractivity contribution in [3.63, 3.8) is 0 Å². The molecule has 3 rings (SSSR count). The van der Waals surface area contributed by atoms with Crippen molar-refractivity contribution in [1.29, 1.82) is 0 Å². The predicted molar refractivity (Wildman–Crippen MR) is 121 cm³/mol. The number of nitrogens with zero attached hydrogens (tertiary/aromatic N) is 2. The molecule has 0 radical (unpaired) electrons. The van der Waals surface area contributed by atoms with E-state index >= 15 is 0 Å². The molecule has 1 aromatic heterocycles. The number of aromatic nitrogens is 1. The summed E-state index contributed by atoms with van der Waals surface area (Å²) in [6.07, 6.45) is 3.56. The summed E-state index contributed by atoms with van der Waals surface area (Å²) in [5.41, 5.74) is 1.86. The molecule has 0 saturated carbocycles. The van der Waals surface area contributed by atoms with Crippen LogP contribution in [0, 0.1) is 0 Å². The summed E-state index contributed by atoms with van der Waals surface area (Å²) in [6, 6.07) is 9.67. The number of nitrogens with one attached hydrogen (secondary N) is 2. The van der Waals surface area contributed by atoms with Crippen molar-refractivity contribution in [3.05, 3.63) is 42.1 Å². The van der Waals surface area contributed by atoms with Gasteiger partial charge in [-0.25, -0.2) is 4.98 Å². The van der Waals surface area contributed by atoms with Crippen molar-refractivity contribution < 1.29 is 14.2 Å². The first-order chi connectivity index (χ1) is 13.3. The van der Waals surface area contributed by atoms with Gasteiger partial charge in [-0.15, -0.1) is 24.0 Å². The lowest BCUT2D eigenvalue weighted by Gasteiger charge is -2.15. The van der Waals surface area contributed by atoms with E-state index in [9.17, 15) is 0 Å². The van der Waals surface area contributed by atoms with Crippen molar-refractivity contribution in [2.45, 2.75) is 26.3 Å². The number of halogens is 1. The number of rotatable bonds is 6. The maximum atomic E-state index is 5.74. The van der Waals surface area contributed by atoms with Gasteiger partial charge in [0, 0.05) is 43.5 Å². The zero-order chi connectivity index (χ0) is 18.9. The van der Waals surface area contributed by atoms with Crippen molar-refractivity contribution in [3.8, 4) is 17.4 Å². The van der Waals surface area contributed by atoms with Crippen LogP contribution in [-0.4, -0.2) is 37.8 Å². The van der Waals surface area contributed by atoms with Crippen LogP contribution in [0.15, 0.2) is 41.5 Å². The lowest BCUT2D eigenvalue weighted by Crippen LogP contribution is -2.30. The molecule has 0 atom stereocenters. The number of guanidine groups is 1. The highest BCUT2D eigenvalue weighted by atomic mass is 127. The molecule has 1 aliphatic heterocycles. The third kappa shape index (κ3) is 6.15. The number of pyridine rings is 1. The fraction of sp³-hybridized carbons (Fsp3) is 0.400. The first-order valence-electron chi connectivity index (χ1n) is 9.24. The molecule has 0 bridgehead atoms. The van der Waals surface area contributed by atoms with E-state index in [0.29, 0.717) is 38.2 Å². The molecule has 1 aromatic carbocycles. The monoisotopic (exact) mass is 498 g/mol. The van der Waals surface area contributed by atoms with E-state index in [1.54, 1.807) is 13.2 Å². The number of anilines is 1. The summed E-state index contributed by atoms with van der Waals surface area (Å²) in [5.74, 6) is 2.82. The van der Waals surface area contributed by atoms with Gasteiger partial charge in [0.15, 0.2) is 17.5 Å². The third-order valence-electron chi connectivity index (χ3n) is 3.97. The summed E-state index contributed by atoms with van der Waals surface area (Å²) in [5, 5.41) is 6.56. The van der Waals surface area contributed by atoms with E-state index in [0.717, 1.165) is 35.6 Å². The van der Waals surface area contributed by atoms with Gasteiger partial charge in [0.1, 0.15) is 0 Å². The molecule has 0 saturated heterocycles. The molecule has 0 spiro atoms. The van der Waals surface area contributed by atoms with Crippen LogP contribution in [0.5, 0.6) is 17.4 Å². The average Bonchev–Trinajstić information content (AvgIpc) is 2.95. The van der Waals surface area contributed by atoms with Crippen molar-refractivity contribution in [2.24, 2.45) is 4.99 Å². The number of hydrogen-bond donors (Lipinski definition) is 2. The van der Waals surface area contributed by atoms with Crippen LogP contribution in [0.25, 0.3) is 0 Å². The van der Waals surface area contributed by atoms with Gasteiger partial charge in [0.2, 0.25) is 5.88 Å². The summed E-state index contributed by atoms with van der Waals surface area (Å²) >= 11 is 0. The Morgan fingerprint density at radius 2 is 2.04 bits per heavy atom. The molecule has 0 amide bonds. The van der Waals surface area contributed by atoms with Gasteiger partial charge < -0.3 is 24.8 Å². The van der Waals surface area contributed by atoms with E-state index in [-0.39, 0.29) is 24.0 Å². The molecule has 152 valence electrons. The van der Waals surface area contributed by atoms with E-state index < -0.39 is 0 Å². The first-order valence-corrected chi connectivity index (χ1v) is 9.24. The second kappa shape index (κ2) is 11.6. The Kier molecular flexibility index (Phi) is 9.12. The Bertz CT molecular complexity index is 786. The number of benzene rings is 1. The van der Waals surface area contributed by atoms with Gasteiger partial charge in [-0.1, -0.05) is 13.0 Å². The second-order valence-corrected chi connectivity index (χ2v) is 6.08. The van der Waals surface area contributed by atoms with Crippen molar-refractivity contribution >= 4 is 35.6 Å². The molecular formula is C20H27IN4O3. The minimum Gasteiger partial charge on any atom is -0.490 e. The van der Waals surface area contributed by atoms with Crippen LogP contribution in [0.3, 0.4) is 0 Å². The lowest BCUT2D eigenvalue weighted by molar-refractivity contribution is 0.297. The third-order valence-corrected chi connectivity index (χ3v) is 3.97. The maximum absolute atomic E-state index is 5.74. The van der Waals surface area contributed by atoms with Crippen molar-refractivity contribution in [1.82, 2.24) is 10.3 Å². The zero-order valence-corrected chi connectivity index (χ0v) is 18.6. The van der Waals surface area contributed by atoms with Gasteiger partial charge in [-0.3, -0.25) is 4.99 Å².